The fourth-order valence-electron chi connectivity index (χ4n) is 1.38. The Hall–Kier alpha value is -1.09. The van der Waals surface area contributed by atoms with Gasteiger partial charge in [-0.1, -0.05) is 17.7 Å². The fraction of sp³-hybridized carbons (Fsp3) is 0.333. The van der Waals surface area contributed by atoms with Gasteiger partial charge in [0.2, 0.25) is 0 Å². The zero-order valence-corrected chi connectivity index (χ0v) is 7.58. The molecule has 0 aromatic carbocycles. The predicted molar refractivity (Wildman–Crippen MR) is 47.8 cm³/mol. The van der Waals surface area contributed by atoms with Crippen molar-refractivity contribution in [3.05, 3.63) is 29.0 Å². The lowest BCUT2D eigenvalue weighted by Gasteiger charge is -2.08. The third-order valence-electron chi connectivity index (χ3n) is 2.36. The normalized spacial score (nSPS) is 18.2. The minimum atomic E-state index is -0.803. The van der Waals surface area contributed by atoms with E-state index in [2.05, 4.69) is 4.98 Å². The van der Waals surface area contributed by atoms with E-state index in [-0.39, 0.29) is 0 Å². The van der Waals surface area contributed by atoms with Gasteiger partial charge in [0, 0.05) is 0 Å². The first-order chi connectivity index (χ1) is 6.15. The van der Waals surface area contributed by atoms with Gasteiger partial charge in [-0.2, -0.15) is 0 Å². The summed E-state index contributed by atoms with van der Waals surface area (Å²) in [5, 5.41) is 9.32. The molecule has 0 atom stereocenters. The summed E-state index contributed by atoms with van der Waals surface area (Å²) >= 11 is 5.68. The molecule has 1 aliphatic rings. The van der Waals surface area contributed by atoms with Crippen LogP contribution in [0.15, 0.2) is 18.2 Å². The van der Waals surface area contributed by atoms with E-state index in [9.17, 15) is 4.79 Å². The van der Waals surface area contributed by atoms with Crippen molar-refractivity contribution in [2.45, 2.75) is 18.3 Å². The molecule has 0 unspecified atom stereocenters. The summed E-state index contributed by atoms with van der Waals surface area (Å²) in [5.41, 5.74) is -0.169. The van der Waals surface area contributed by atoms with Crippen molar-refractivity contribution in [3.8, 4) is 0 Å². The number of rotatable bonds is 2. The van der Waals surface area contributed by atoms with Gasteiger partial charge in [0.05, 0.1) is 5.69 Å². The molecule has 0 spiro atoms. The van der Waals surface area contributed by atoms with Gasteiger partial charge < -0.3 is 5.11 Å². The third-order valence-corrected chi connectivity index (χ3v) is 2.58. The highest BCUT2D eigenvalue weighted by molar-refractivity contribution is 6.29. The first kappa shape index (κ1) is 8.51. The van der Waals surface area contributed by atoms with Crippen LogP contribution in [0.25, 0.3) is 0 Å². The first-order valence-electron chi connectivity index (χ1n) is 4.02. The van der Waals surface area contributed by atoms with E-state index >= 15 is 0 Å². The van der Waals surface area contributed by atoms with Crippen LogP contribution in [0.1, 0.15) is 18.5 Å². The van der Waals surface area contributed by atoms with Crippen molar-refractivity contribution in [2.75, 3.05) is 0 Å². The van der Waals surface area contributed by atoms with Crippen molar-refractivity contribution in [1.29, 1.82) is 0 Å². The van der Waals surface area contributed by atoms with Gasteiger partial charge in [0.1, 0.15) is 10.6 Å². The molecule has 1 aliphatic carbocycles. The molecule has 1 aromatic rings. The lowest BCUT2D eigenvalue weighted by atomic mass is 10.0. The summed E-state index contributed by atoms with van der Waals surface area (Å²) in [5.74, 6) is -0.803. The SMILES string of the molecule is O=C(O)C1(c2cccc(Cl)n2)CC1. The van der Waals surface area contributed by atoms with Gasteiger partial charge in [-0.25, -0.2) is 4.98 Å². The fourth-order valence-corrected chi connectivity index (χ4v) is 1.54. The molecule has 4 heteroatoms. The Morgan fingerprint density at radius 2 is 2.23 bits per heavy atom. The Morgan fingerprint density at radius 3 is 2.69 bits per heavy atom. The molecule has 0 amide bonds. The number of hydrogen-bond donors (Lipinski definition) is 1. The van der Waals surface area contributed by atoms with Gasteiger partial charge in [0.25, 0.3) is 0 Å². The van der Waals surface area contributed by atoms with Crippen LogP contribution >= 0.6 is 11.6 Å². The summed E-state index contributed by atoms with van der Waals surface area (Å²) in [6.45, 7) is 0. The highest BCUT2D eigenvalue weighted by Crippen LogP contribution is 2.47. The molecule has 1 aromatic heterocycles. The number of hydrogen-bond acceptors (Lipinski definition) is 2. The molecular formula is C9H8ClNO2. The Bertz CT molecular complexity index is 360. The van der Waals surface area contributed by atoms with E-state index in [0.29, 0.717) is 23.7 Å². The number of pyridine rings is 1. The monoisotopic (exact) mass is 197 g/mol. The maximum absolute atomic E-state index is 10.9. The largest absolute Gasteiger partial charge is 0.481 e. The second-order valence-electron chi connectivity index (χ2n) is 3.23. The molecule has 68 valence electrons. The van der Waals surface area contributed by atoms with Crippen LogP contribution in [0, 0.1) is 0 Å². The molecule has 2 rings (SSSR count). The van der Waals surface area contributed by atoms with E-state index in [1.54, 1.807) is 18.2 Å². The molecule has 3 nitrogen and oxygen atoms in total. The Kier molecular flexibility index (Phi) is 1.77. The zero-order valence-electron chi connectivity index (χ0n) is 6.83. The van der Waals surface area contributed by atoms with Gasteiger partial charge in [-0.3, -0.25) is 4.79 Å². The smallest absolute Gasteiger partial charge is 0.315 e. The van der Waals surface area contributed by atoms with Crippen molar-refractivity contribution in [1.82, 2.24) is 4.98 Å². The van der Waals surface area contributed by atoms with Crippen molar-refractivity contribution in [2.24, 2.45) is 0 Å². The molecule has 13 heavy (non-hydrogen) atoms. The van der Waals surface area contributed by atoms with E-state index < -0.39 is 11.4 Å². The number of halogens is 1. The van der Waals surface area contributed by atoms with Crippen LogP contribution in [0.5, 0.6) is 0 Å². The Labute approximate surface area is 80.4 Å². The molecular weight excluding hydrogens is 190 g/mol. The molecule has 1 heterocycles. The van der Waals surface area contributed by atoms with E-state index in [1.165, 1.54) is 0 Å². The van der Waals surface area contributed by atoms with Crippen molar-refractivity contribution >= 4 is 17.6 Å². The van der Waals surface area contributed by atoms with Crippen LogP contribution in [0.4, 0.5) is 0 Å². The summed E-state index contributed by atoms with van der Waals surface area (Å²) in [7, 11) is 0. The zero-order chi connectivity index (χ0) is 9.47. The second kappa shape index (κ2) is 2.70. The van der Waals surface area contributed by atoms with Crippen molar-refractivity contribution in [3.63, 3.8) is 0 Å². The highest BCUT2D eigenvalue weighted by Gasteiger charge is 2.53. The second-order valence-corrected chi connectivity index (χ2v) is 3.62. The third kappa shape index (κ3) is 1.29. The van der Waals surface area contributed by atoms with Crippen LogP contribution < -0.4 is 0 Å². The lowest BCUT2D eigenvalue weighted by molar-refractivity contribution is -0.140. The minimum absolute atomic E-state index is 0.352. The van der Waals surface area contributed by atoms with Crippen molar-refractivity contribution < 1.29 is 9.90 Å². The van der Waals surface area contributed by atoms with Gasteiger partial charge in [-0.15, -0.1) is 0 Å². The topological polar surface area (TPSA) is 50.2 Å². The van der Waals surface area contributed by atoms with Crippen LogP contribution in [0.2, 0.25) is 5.15 Å². The Morgan fingerprint density at radius 1 is 1.54 bits per heavy atom. The van der Waals surface area contributed by atoms with E-state index in [1.807, 2.05) is 0 Å². The quantitative estimate of drug-likeness (QED) is 0.737. The number of aromatic nitrogens is 1. The van der Waals surface area contributed by atoms with Crippen LogP contribution in [0.3, 0.4) is 0 Å². The molecule has 1 saturated carbocycles. The maximum atomic E-state index is 10.9. The van der Waals surface area contributed by atoms with Gasteiger partial charge in [0.15, 0.2) is 0 Å². The van der Waals surface area contributed by atoms with Gasteiger partial charge >= 0.3 is 5.97 Å². The van der Waals surface area contributed by atoms with Crippen LogP contribution in [-0.2, 0) is 10.2 Å². The Balaban J connectivity index is 2.41. The molecule has 1 N–H and O–H groups in total. The first-order valence-corrected chi connectivity index (χ1v) is 4.39. The average molecular weight is 198 g/mol. The molecule has 0 aliphatic heterocycles. The predicted octanol–water partition coefficient (Wildman–Crippen LogP) is 1.85. The number of aliphatic carboxylic acids is 1. The maximum Gasteiger partial charge on any atom is 0.315 e. The lowest BCUT2D eigenvalue weighted by Crippen LogP contribution is -2.20. The summed E-state index contributed by atoms with van der Waals surface area (Å²) < 4.78 is 0. The van der Waals surface area contributed by atoms with Crippen LogP contribution in [-0.4, -0.2) is 16.1 Å². The number of carboxylic acids is 1. The number of nitrogens with zero attached hydrogens (tertiary/aromatic N) is 1. The van der Waals surface area contributed by atoms with E-state index in [4.69, 9.17) is 16.7 Å². The van der Waals surface area contributed by atoms with E-state index in [0.717, 1.165) is 0 Å². The molecule has 0 bridgehead atoms. The standard InChI is InChI=1S/C9H8ClNO2/c10-7-3-1-2-6(11-7)9(4-5-9)8(12)13/h1-3H,4-5H2,(H,12,13). The number of carboxylic acid groups (broad SMARTS) is 1. The highest BCUT2D eigenvalue weighted by atomic mass is 35.5. The van der Waals surface area contributed by atoms with Gasteiger partial charge in [-0.05, 0) is 25.0 Å². The molecule has 1 fully saturated rings. The molecule has 0 saturated heterocycles. The molecule has 0 radical (unpaired) electrons. The summed E-state index contributed by atoms with van der Waals surface area (Å²) in [4.78, 5) is 14.9. The minimum Gasteiger partial charge on any atom is -0.481 e. The number of carbonyl (C=O) groups is 1. The summed E-state index contributed by atoms with van der Waals surface area (Å²) in [6.07, 6.45) is 1.32. The summed E-state index contributed by atoms with van der Waals surface area (Å²) in [6, 6.07) is 5.09. The average Bonchev–Trinajstić information content (AvgIpc) is 2.83.